The van der Waals surface area contributed by atoms with Crippen LogP contribution in [0.4, 0.5) is 0 Å². The van der Waals surface area contributed by atoms with Crippen molar-refractivity contribution in [3.63, 3.8) is 0 Å². The number of ether oxygens (including phenoxy) is 1. The van der Waals surface area contributed by atoms with Crippen molar-refractivity contribution >= 4 is 0 Å². The first-order valence-corrected chi connectivity index (χ1v) is 6.85. The lowest BCUT2D eigenvalue weighted by atomic mass is 9.99. The van der Waals surface area contributed by atoms with Gasteiger partial charge < -0.3 is 20.3 Å². The van der Waals surface area contributed by atoms with E-state index in [2.05, 4.69) is 5.32 Å². The van der Waals surface area contributed by atoms with Gasteiger partial charge in [0.1, 0.15) is 5.75 Å². The zero-order valence-corrected chi connectivity index (χ0v) is 12.0. The summed E-state index contributed by atoms with van der Waals surface area (Å²) in [7, 11) is 1.61. The number of hydrogen-bond acceptors (Lipinski definition) is 4. The van der Waals surface area contributed by atoms with Crippen LogP contribution < -0.4 is 10.1 Å². The molecule has 3 N–H and O–H groups in total. The summed E-state index contributed by atoms with van der Waals surface area (Å²) >= 11 is 0. The fourth-order valence-corrected chi connectivity index (χ4v) is 2.09. The number of nitrogens with one attached hydrogen (secondary N) is 1. The van der Waals surface area contributed by atoms with Gasteiger partial charge in [0.05, 0.1) is 19.8 Å². The van der Waals surface area contributed by atoms with E-state index in [0.29, 0.717) is 0 Å². The van der Waals surface area contributed by atoms with Crippen molar-refractivity contribution in [2.45, 2.75) is 44.9 Å². The van der Waals surface area contributed by atoms with Gasteiger partial charge in [-0.1, -0.05) is 26.0 Å². The molecule has 1 rings (SSSR count). The SMILES string of the molecule is CCC(CO)NC(CC)C(O)c1cccc(OC)c1. The highest BCUT2D eigenvalue weighted by atomic mass is 16.5. The number of methoxy groups -OCH3 is 1. The third-order valence-corrected chi connectivity index (χ3v) is 3.42. The topological polar surface area (TPSA) is 61.7 Å². The Morgan fingerprint density at radius 2 is 2.00 bits per heavy atom. The van der Waals surface area contributed by atoms with Crippen LogP contribution >= 0.6 is 0 Å². The Hall–Kier alpha value is -1.10. The average molecular weight is 267 g/mol. The summed E-state index contributed by atoms with van der Waals surface area (Å²) in [6.45, 7) is 4.11. The van der Waals surface area contributed by atoms with E-state index in [1.54, 1.807) is 7.11 Å². The van der Waals surface area contributed by atoms with Gasteiger partial charge in [0, 0.05) is 12.1 Å². The molecule has 0 heterocycles. The number of hydrogen-bond donors (Lipinski definition) is 3. The highest BCUT2D eigenvalue weighted by Gasteiger charge is 2.21. The van der Waals surface area contributed by atoms with Crippen LogP contribution in [0, 0.1) is 0 Å². The highest BCUT2D eigenvalue weighted by molar-refractivity contribution is 5.30. The molecule has 0 aromatic heterocycles. The van der Waals surface area contributed by atoms with Gasteiger partial charge in [-0.3, -0.25) is 0 Å². The molecule has 0 fully saturated rings. The van der Waals surface area contributed by atoms with E-state index >= 15 is 0 Å². The lowest BCUT2D eigenvalue weighted by Crippen LogP contribution is -2.43. The zero-order chi connectivity index (χ0) is 14.3. The van der Waals surface area contributed by atoms with Crippen molar-refractivity contribution in [3.8, 4) is 5.75 Å². The van der Waals surface area contributed by atoms with Crippen LogP contribution in [0.3, 0.4) is 0 Å². The Morgan fingerprint density at radius 1 is 1.26 bits per heavy atom. The maximum Gasteiger partial charge on any atom is 0.119 e. The fourth-order valence-electron chi connectivity index (χ4n) is 2.09. The van der Waals surface area contributed by atoms with E-state index < -0.39 is 6.10 Å². The molecule has 19 heavy (non-hydrogen) atoms. The molecule has 108 valence electrons. The quantitative estimate of drug-likeness (QED) is 0.673. The second-order valence-corrected chi connectivity index (χ2v) is 4.69. The third-order valence-electron chi connectivity index (χ3n) is 3.42. The summed E-state index contributed by atoms with van der Waals surface area (Å²) in [5.41, 5.74) is 0.825. The second-order valence-electron chi connectivity index (χ2n) is 4.69. The lowest BCUT2D eigenvalue weighted by molar-refractivity contribution is 0.108. The van der Waals surface area contributed by atoms with Crippen molar-refractivity contribution in [1.82, 2.24) is 5.32 Å². The van der Waals surface area contributed by atoms with E-state index in [4.69, 9.17) is 4.74 Å². The van der Waals surface area contributed by atoms with Gasteiger partial charge in [-0.05, 0) is 30.5 Å². The molecule has 0 aliphatic carbocycles. The summed E-state index contributed by atoms with van der Waals surface area (Å²) in [6, 6.07) is 7.39. The summed E-state index contributed by atoms with van der Waals surface area (Å²) < 4.78 is 5.17. The van der Waals surface area contributed by atoms with Gasteiger partial charge in [0.25, 0.3) is 0 Å². The molecule has 0 bridgehead atoms. The smallest absolute Gasteiger partial charge is 0.119 e. The fraction of sp³-hybridized carbons (Fsp3) is 0.600. The van der Waals surface area contributed by atoms with Crippen LogP contribution in [0.15, 0.2) is 24.3 Å². The molecule has 0 aliphatic heterocycles. The number of benzene rings is 1. The normalized spacial score (nSPS) is 15.8. The van der Waals surface area contributed by atoms with Crippen LogP contribution in [0.1, 0.15) is 38.4 Å². The third kappa shape index (κ3) is 4.49. The van der Waals surface area contributed by atoms with Crippen LogP contribution in [0.5, 0.6) is 5.75 Å². The number of rotatable bonds is 8. The molecule has 0 saturated heterocycles. The first-order valence-electron chi connectivity index (χ1n) is 6.85. The van der Waals surface area contributed by atoms with Crippen LogP contribution in [-0.2, 0) is 0 Å². The van der Waals surface area contributed by atoms with Gasteiger partial charge in [0.2, 0.25) is 0 Å². The standard InChI is InChI=1S/C15H25NO3/c1-4-12(10-17)16-14(5-2)15(18)11-7-6-8-13(9-11)19-3/h6-9,12,14-18H,4-5,10H2,1-3H3. The maximum atomic E-state index is 10.4. The van der Waals surface area contributed by atoms with Crippen molar-refractivity contribution in [2.24, 2.45) is 0 Å². The predicted molar refractivity (Wildman–Crippen MR) is 76.3 cm³/mol. The minimum absolute atomic E-state index is 0.0187. The summed E-state index contributed by atoms with van der Waals surface area (Å²) in [6.07, 6.45) is 1.01. The van der Waals surface area contributed by atoms with Crippen LogP contribution in [0.25, 0.3) is 0 Å². The Balaban J connectivity index is 2.79. The highest BCUT2D eigenvalue weighted by Crippen LogP contribution is 2.23. The monoisotopic (exact) mass is 267 g/mol. The van der Waals surface area contributed by atoms with Crippen LogP contribution in [-0.4, -0.2) is 36.0 Å². The second kappa shape index (κ2) is 8.15. The molecule has 0 aliphatic rings. The Bertz CT molecular complexity index is 366. The molecule has 4 nitrogen and oxygen atoms in total. The van der Waals surface area contributed by atoms with Gasteiger partial charge in [0.15, 0.2) is 0 Å². The van der Waals surface area contributed by atoms with E-state index in [9.17, 15) is 10.2 Å². The maximum absolute atomic E-state index is 10.4. The minimum Gasteiger partial charge on any atom is -0.497 e. The van der Waals surface area contributed by atoms with Crippen molar-refractivity contribution < 1.29 is 14.9 Å². The van der Waals surface area contributed by atoms with E-state index in [-0.39, 0.29) is 18.7 Å². The lowest BCUT2D eigenvalue weighted by Gasteiger charge is -2.27. The number of aliphatic hydroxyl groups excluding tert-OH is 2. The van der Waals surface area contributed by atoms with E-state index in [1.807, 2.05) is 38.1 Å². The average Bonchev–Trinajstić information content (AvgIpc) is 2.48. The molecule has 3 unspecified atom stereocenters. The minimum atomic E-state index is -0.610. The first-order chi connectivity index (χ1) is 9.15. The van der Waals surface area contributed by atoms with Gasteiger partial charge >= 0.3 is 0 Å². The molecule has 3 atom stereocenters. The summed E-state index contributed by atoms with van der Waals surface area (Å²) in [4.78, 5) is 0. The van der Waals surface area contributed by atoms with E-state index in [1.165, 1.54) is 0 Å². The van der Waals surface area contributed by atoms with Crippen molar-refractivity contribution in [1.29, 1.82) is 0 Å². The zero-order valence-electron chi connectivity index (χ0n) is 12.0. The summed E-state index contributed by atoms with van der Waals surface area (Å²) in [5.74, 6) is 0.737. The first kappa shape index (κ1) is 16.0. The van der Waals surface area contributed by atoms with Gasteiger partial charge in [-0.15, -0.1) is 0 Å². The Kier molecular flexibility index (Phi) is 6.84. The molecule has 0 amide bonds. The molecule has 1 aromatic rings. The molecule has 0 saturated carbocycles. The Morgan fingerprint density at radius 3 is 2.53 bits per heavy atom. The van der Waals surface area contributed by atoms with Crippen molar-refractivity contribution in [3.05, 3.63) is 29.8 Å². The summed E-state index contributed by atoms with van der Waals surface area (Å²) in [5, 5.41) is 23.0. The largest absolute Gasteiger partial charge is 0.497 e. The van der Waals surface area contributed by atoms with Crippen molar-refractivity contribution in [2.75, 3.05) is 13.7 Å². The van der Waals surface area contributed by atoms with Gasteiger partial charge in [-0.25, -0.2) is 0 Å². The predicted octanol–water partition coefficient (Wildman–Crippen LogP) is 1.87. The Labute approximate surface area is 115 Å². The molecular weight excluding hydrogens is 242 g/mol. The molecule has 4 heteroatoms. The van der Waals surface area contributed by atoms with E-state index in [0.717, 1.165) is 24.2 Å². The van der Waals surface area contributed by atoms with Crippen LogP contribution in [0.2, 0.25) is 0 Å². The molecular formula is C15H25NO3. The molecule has 0 spiro atoms. The number of aliphatic hydroxyl groups is 2. The van der Waals surface area contributed by atoms with Gasteiger partial charge in [-0.2, -0.15) is 0 Å². The molecule has 0 radical (unpaired) electrons. The molecule has 1 aromatic carbocycles.